The van der Waals surface area contributed by atoms with Crippen LogP contribution in [0.15, 0.2) is 0 Å². The number of nitrogens with zero attached hydrogens (tertiary/aromatic N) is 1. The Morgan fingerprint density at radius 3 is 2.42 bits per heavy atom. The molecule has 0 aromatic carbocycles. The molecule has 0 aromatic rings. The Kier molecular flexibility index (Phi) is 2.13. The zero-order chi connectivity index (χ0) is 8.60. The van der Waals surface area contributed by atoms with Gasteiger partial charge in [-0.25, -0.2) is 0 Å². The van der Waals surface area contributed by atoms with Gasteiger partial charge in [-0.3, -0.25) is 4.90 Å². The Morgan fingerprint density at radius 2 is 2.08 bits per heavy atom. The summed E-state index contributed by atoms with van der Waals surface area (Å²) in [4.78, 5) is 2.44. The minimum atomic E-state index is 0.340. The van der Waals surface area contributed by atoms with Crippen LogP contribution in [-0.4, -0.2) is 35.7 Å². The summed E-state index contributed by atoms with van der Waals surface area (Å²) >= 11 is 0. The molecule has 1 aliphatic carbocycles. The fourth-order valence-corrected chi connectivity index (χ4v) is 2.57. The highest BCUT2D eigenvalue weighted by Crippen LogP contribution is 2.48. The van der Waals surface area contributed by atoms with Gasteiger partial charge in [0.1, 0.15) is 0 Å². The average molecular weight is 169 g/mol. The summed E-state index contributed by atoms with van der Waals surface area (Å²) in [5, 5.41) is 9.08. The summed E-state index contributed by atoms with van der Waals surface area (Å²) in [7, 11) is 0. The second-order valence-electron chi connectivity index (χ2n) is 4.50. The van der Waals surface area contributed by atoms with E-state index in [4.69, 9.17) is 5.11 Å². The van der Waals surface area contributed by atoms with Gasteiger partial charge in [0.05, 0.1) is 6.61 Å². The van der Waals surface area contributed by atoms with Crippen LogP contribution in [-0.2, 0) is 0 Å². The molecule has 70 valence electrons. The van der Waals surface area contributed by atoms with Crippen molar-refractivity contribution in [1.29, 1.82) is 0 Å². The highest BCUT2D eigenvalue weighted by molar-refractivity contribution is 5.01. The van der Waals surface area contributed by atoms with Crippen LogP contribution in [0.5, 0.6) is 0 Å². The van der Waals surface area contributed by atoms with Gasteiger partial charge in [0.15, 0.2) is 0 Å². The van der Waals surface area contributed by atoms with Crippen molar-refractivity contribution in [2.24, 2.45) is 5.41 Å². The van der Waals surface area contributed by atoms with E-state index in [1.54, 1.807) is 0 Å². The minimum Gasteiger partial charge on any atom is -0.395 e. The van der Waals surface area contributed by atoms with Gasteiger partial charge in [0, 0.05) is 19.1 Å². The molecule has 2 aliphatic rings. The molecule has 0 unspecified atom stereocenters. The molecular formula is C10H19NO. The van der Waals surface area contributed by atoms with E-state index in [1.165, 1.54) is 32.4 Å². The van der Waals surface area contributed by atoms with Crippen molar-refractivity contribution in [3.63, 3.8) is 0 Å². The van der Waals surface area contributed by atoms with Gasteiger partial charge in [-0.15, -0.1) is 0 Å². The van der Waals surface area contributed by atoms with Crippen molar-refractivity contribution in [3.05, 3.63) is 0 Å². The maximum absolute atomic E-state index is 9.08. The molecule has 2 rings (SSSR count). The van der Waals surface area contributed by atoms with Gasteiger partial charge in [0.2, 0.25) is 0 Å². The molecule has 2 heteroatoms. The predicted octanol–water partition coefficient (Wildman–Crippen LogP) is 1.24. The van der Waals surface area contributed by atoms with Gasteiger partial charge in [0.25, 0.3) is 0 Å². The quantitative estimate of drug-likeness (QED) is 0.687. The Labute approximate surface area is 74.6 Å². The number of hydrogen-bond acceptors (Lipinski definition) is 2. The third-order valence-electron chi connectivity index (χ3n) is 3.69. The molecule has 1 aliphatic heterocycles. The third-order valence-corrected chi connectivity index (χ3v) is 3.69. The van der Waals surface area contributed by atoms with E-state index in [-0.39, 0.29) is 0 Å². The molecule has 1 atom stereocenters. The number of hydrogen-bond donors (Lipinski definition) is 1. The molecule has 1 saturated heterocycles. The molecule has 2 nitrogen and oxygen atoms in total. The monoisotopic (exact) mass is 169 g/mol. The van der Waals surface area contributed by atoms with Gasteiger partial charge in [-0.05, 0) is 24.7 Å². The first kappa shape index (κ1) is 8.52. The Bertz CT molecular complexity index is 153. The second-order valence-corrected chi connectivity index (χ2v) is 4.50. The molecule has 2 fully saturated rings. The topological polar surface area (TPSA) is 23.5 Å². The van der Waals surface area contributed by atoms with Crippen LogP contribution >= 0.6 is 0 Å². The molecule has 1 saturated carbocycles. The number of rotatable bonds is 3. The summed E-state index contributed by atoms with van der Waals surface area (Å²) in [6.45, 7) is 5.01. The fraction of sp³-hybridized carbons (Fsp3) is 1.00. The lowest BCUT2D eigenvalue weighted by atomic mass is 9.63. The number of aliphatic hydroxyl groups is 1. The average Bonchev–Trinajstić information content (AvgIpc) is 1.91. The molecule has 0 amide bonds. The van der Waals surface area contributed by atoms with E-state index in [1.807, 2.05) is 0 Å². The first-order chi connectivity index (χ1) is 5.79. The molecule has 12 heavy (non-hydrogen) atoms. The van der Waals surface area contributed by atoms with Crippen LogP contribution in [0.3, 0.4) is 0 Å². The van der Waals surface area contributed by atoms with Crippen LogP contribution in [0.25, 0.3) is 0 Å². The first-order valence-electron chi connectivity index (χ1n) is 5.14. The van der Waals surface area contributed by atoms with Gasteiger partial charge in [-0.2, -0.15) is 0 Å². The van der Waals surface area contributed by atoms with Crippen molar-refractivity contribution < 1.29 is 5.11 Å². The van der Waals surface area contributed by atoms with Crippen molar-refractivity contribution in [1.82, 2.24) is 4.90 Å². The van der Waals surface area contributed by atoms with Gasteiger partial charge >= 0.3 is 0 Å². The van der Waals surface area contributed by atoms with E-state index in [0.29, 0.717) is 18.1 Å². The van der Waals surface area contributed by atoms with Gasteiger partial charge < -0.3 is 5.11 Å². The smallest absolute Gasteiger partial charge is 0.0586 e. The Hall–Kier alpha value is -0.0800. The van der Waals surface area contributed by atoms with Crippen LogP contribution in [0.4, 0.5) is 0 Å². The lowest BCUT2D eigenvalue weighted by Crippen LogP contribution is -2.63. The maximum Gasteiger partial charge on any atom is 0.0586 e. The molecule has 1 heterocycles. The highest BCUT2D eigenvalue weighted by atomic mass is 16.3. The summed E-state index contributed by atoms with van der Waals surface area (Å²) < 4.78 is 0. The third kappa shape index (κ3) is 1.17. The predicted molar refractivity (Wildman–Crippen MR) is 49.0 cm³/mol. The molecule has 1 spiro atoms. The zero-order valence-electron chi connectivity index (χ0n) is 7.92. The lowest BCUT2D eigenvalue weighted by molar-refractivity contribution is -0.0925. The van der Waals surface area contributed by atoms with Crippen molar-refractivity contribution in [2.45, 2.75) is 38.6 Å². The molecule has 0 aromatic heterocycles. The van der Waals surface area contributed by atoms with E-state index >= 15 is 0 Å². The maximum atomic E-state index is 9.08. The number of likely N-dealkylation sites (tertiary alicyclic amines) is 1. The zero-order valence-corrected chi connectivity index (χ0v) is 7.92. The van der Waals surface area contributed by atoms with Crippen molar-refractivity contribution in [3.8, 4) is 0 Å². The van der Waals surface area contributed by atoms with Gasteiger partial charge in [-0.1, -0.05) is 13.3 Å². The van der Waals surface area contributed by atoms with Crippen molar-refractivity contribution >= 4 is 0 Å². The molecular weight excluding hydrogens is 150 g/mol. The first-order valence-corrected chi connectivity index (χ1v) is 5.14. The summed E-state index contributed by atoms with van der Waals surface area (Å²) in [5.41, 5.74) is 0.711. The van der Waals surface area contributed by atoms with Crippen molar-refractivity contribution in [2.75, 3.05) is 19.7 Å². The van der Waals surface area contributed by atoms with Crippen LogP contribution in [0.1, 0.15) is 32.6 Å². The van der Waals surface area contributed by atoms with E-state index < -0.39 is 0 Å². The summed E-state index contributed by atoms with van der Waals surface area (Å²) in [6.07, 6.45) is 5.40. The minimum absolute atomic E-state index is 0.340. The van der Waals surface area contributed by atoms with E-state index in [0.717, 1.165) is 6.42 Å². The van der Waals surface area contributed by atoms with Crippen LogP contribution in [0.2, 0.25) is 0 Å². The summed E-state index contributed by atoms with van der Waals surface area (Å²) in [6, 6.07) is 0.441. The molecule has 1 N–H and O–H groups in total. The van der Waals surface area contributed by atoms with E-state index in [9.17, 15) is 0 Å². The fourth-order valence-electron chi connectivity index (χ4n) is 2.57. The highest BCUT2D eigenvalue weighted by Gasteiger charge is 2.48. The molecule has 0 bridgehead atoms. The van der Waals surface area contributed by atoms with Crippen LogP contribution < -0.4 is 0 Å². The largest absolute Gasteiger partial charge is 0.395 e. The van der Waals surface area contributed by atoms with Crippen LogP contribution in [0, 0.1) is 5.41 Å². The lowest BCUT2D eigenvalue weighted by Gasteiger charge is -2.58. The second kappa shape index (κ2) is 3.00. The molecule has 0 radical (unpaired) electrons. The standard InChI is InChI=1S/C10H19NO/c1-2-9(6-12)11-7-10(8-11)4-3-5-10/h9,12H,2-8H2,1H3/t9-/m1/s1. The van der Waals surface area contributed by atoms with E-state index in [2.05, 4.69) is 11.8 Å². The normalized spacial score (nSPS) is 29.5. The Balaban J connectivity index is 1.79. The Morgan fingerprint density at radius 1 is 1.42 bits per heavy atom. The SMILES string of the molecule is CC[C@H](CO)N1CC2(CCC2)C1. The summed E-state index contributed by atoms with van der Waals surface area (Å²) in [5.74, 6) is 0. The number of aliphatic hydroxyl groups excluding tert-OH is 1.